The predicted octanol–water partition coefficient (Wildman–Crippen LogP) is 3.70. The number of nitrogens with one attached hydrogen (secondary N) is 1. The molecule has 2 rings (SSSR count). The monoisotopic (exact) mass is 311 g/mol. The minimum absolute atomic E-state index is 0.549. The normalized spacial score (nSPS) is 15.3. The van der Waals surface area contributed by atoms with E-state index in [9.17, 15) is 0 Å². The van der Waals surface area contributed by atoms with Gasteiger partial charge in [0.25, 0.3) is 0 Å². The Labute approximate surface area is 118 Å². The van der Waals surface area contributed by atoms with Gasteiger partial charge in [-0.15, -0.1) is 0 Å². The van der Waals surface area contributed by atoms with Crippen molar-refractivity contribution in [3.05, 3.63) is 27.7 Å². The molecule has 1 N–H and O–H groups in total. The average molecular weight is 312 g/mol. The van der Waals surface area contributed by atoms with Gasteiger partial charge >= 0.3 is 0 Å². The van der Waals surface area contributed by atoms with Crippen LogP contribution in [0.15, 0.2) is 16.6 Å². The predicted molar refractivity (Wildman–Crippen MR) is 79.4 cm³/mol. The maximum Gasteiger partial charge on any atom is 0.125 e. The summed E-state index contributed by atoms with van der Waals surface area (Å²) in [5.41, 5.74) is 2.69. The summed E-state index contributed by atoms with van der Waals surface area (Å²) in [6.45, 7) is 6.37. The van der Waals surface area contributed by atoms with Crippen molar-refractivity contribution in [1.29, 1.82) is 0 Å². The molecule has 0 saturated heterocycles. The highest BCUT2D eigenvalue weighted by atomic mass is 79.9. The number of rotatable bonds is 6. The van der Waals surface area contributed by atoms with Crippen molar-refractivity contribution in [1.82, 2.24) is 5.32 Å². The fraction of sp³-hybridized carbons (Fsp3) is 0.600. The smallest absolute Gasteiger partial charge is 0.125 e. The second-order valence-corrected chi connectivity index (χ2v) is 5.83. The van der Waals surface area contributed by atoms with E-state index in [0.717, 1.165) is 38.2 Å². The van der Waals surface area contributed by atoms with Crippen molar-refractivity contribution in [2.24, 2.45) is 0 Å². The van der Waals surface area contributed by atoms with Gasteiger partial charge in [0.2, 0.25) is 0 Å². The Morgan fingerprint density at radius 3 is 2.94 bits per heavy atom. The molecule has 0 amide bonds. The van der Waals surface area contributed by atoms with Gasteiger partial charge in [-0.3, -0.25) is 0 Å². The zero-order valence-electron chi connectivity index (χ0n) is 11.3. The number of hydrogen-bond acceptors (Lipinski definition) is 2. The van der Waals surface area contributed by atoms with E-state index in [1.54, 1.807) is 0 Å². The maximum atomic E-state index is 5.79. The second kappa shape index (κ2) is 6.58. The molecule has 100 valence electrons. The molecule has 0 aliphatic carbocycles. The minimum atomic E-state index is 0.549. The summed E-state index contributed by atoms with van der Waals surface area (Å²) in [4.78, 5) is 0. The van der Waals surface area contributed by atoms with Gasteiger partial charge in [-0.25, -0.2) is 0 Å². The zero-order chi connectivity index (χ0) is 13.0. The third-order valence-electron chi connectivity index (χ3n) is 3.47. The van der Waals surface area contributed by atoms with Crippen LogP contribution in [0.4, 0.5) is 0 Å². The lowest BCUT2D eigenvalue weighted by molar-refractivity contribution is 0.351. The molecule has 1 atom stereocenters. The lowest BCUT2D eigenvalue weighted by atomic mass is 10.00. The molecule has 1 aromatic carbocycles. The lowest BCUT2D eigenvalue weighted by Crippen LogP contribution is -2.31. The second-order valence-electron chi connectivity index (χ2n) is 4.92. The van der Waals surface area contributed by atoms with Gasteiger partial charge in [-0.2, -0.15) is 0 Å². The highest BCUT2D eigenvalue weighted by Crippen LogP contribution is 2.33. The Hall–Kier alpha value is -0.540. The van der Waals surface area contributed by atoms with Crippen molar-refractivity contribution in [3.63, 3.8) is 0 Å². The number of halogens is 1. The number of hydrogen-bond donors (Lipinski definition) is 1. The van der Waals surface area contributed by atoms with E-state index in [2.05, 4.69) is 47.2 Å². The topological polar surface area (TPSA) is 21.3 Å². The first-order valence-corrected chi connectivity index (χ1v) is 7.71. The molecule has 1 unspecified atom stereocenters. The summed E-state index contributed by atoms with van der Waals surface area (Å²) in [6, 6.07) is 4.94. The SMILES string of the molecule is CCCNC(CC)Cc1cc(Br)cc2c1OCC2. The third kappa shape index (κ3) is 3.27. The van der Waals surface area contributed by atoms with E-state index in [1.165, 1.54) is 22.0 Å². The van der Waals surface area contributed by atoms with Crippen LogP contribution in [0.3, 0.4) is 0 Å². The van der Waals surface area contributed by atoms with Crippen LogP contribution in [-0.2, 0) is 12.8 Å². The lowest BCUT2D eigenvalue weighted by Gasteiger charge is -2.18. The van der Waals surface area contributed by atoms with Crippen LogP contribution in [0, 0.1) is 0 Å². The first-order chi connectivity index (χ1) is 8.74. The van der Waals surface area contributed by atoms with Gasteiger partial charge < -0.3 is 10.1 Å². The van der Waals surface area contributed by atoms with Gasteiger partial charge in [-0.05, 0) is 49.1 Å². The van der Waals surface area contributed by atoms with E-state index < -0.39 is 0 Å². The van der Waals surface area contributed by atoms with Crippen LogP contribution >= 0.6 is 15.9 Å². The Morgan fingerprint density at radius 2 is 2.22 bits per heavy atom. The van der Waals surface area contributed by atoms with Crippen LogP contribution in [0.25, 0.3) is 0 Å². The highest BCUT2D eigenvalue weighted by Gasteiger charge is 2.19. The van der Waals surface area contributed by atoms with Crippen molar-refractivity contribution in [2.45, 2.75) is 45.6 Å². The molecule has 2 nitrogen and oxygen atoms in total. The van der Waals surface area contributed by atoms with Crippen molar-refractivity contribution in [3.8, 4) is 5.75 Å². The maximum absolute atomic E-state index is 5.79. The van der Waals surface area contributed by atoms with Gasteiger partial charge in [0, 0.05) is 16.9 Å². The standard InChI is InChI=1S/C15H22BrNO/c1-3-6-17-14(4-2)10-12-9-13(16)8-11-5-7-18-15(11)12/h8-9,14,17H,3-7,10H2,1-2H3. The summed E-state index contributed by atoms with van der Waals surface area (Å²) in [5.74, 6) is 1.13. The summed E-state index contributed by atoms with van der Waals surface area (Å²) < 4.78 is 6.96. The molecule has 0 bridgehead atoms. The Bertz CT molecular complexity index is 406. The summed E-state index contributed by atoms with van der Waals surface area (Å²) in [6.07, 6.45) is 4.43. The van der Waals surface area contributed by atoms with Gasteiger partial charge in [0.1, 0.15) is 5.75 Å². The third-order valence-corrected chi connectivity index (χ3v) is 3.93. The Kier molecular flexibility index (Phi) is 5.07. The molecule has 18 heavy (non-hydrogen) atoms. The minimum Gasteiger partial charge on any atom is -0.493 e. The highest BCUT2D eigenvalue weighted by molar-refractivity contribution is 9.10. The molecule has 0 saturated carbocycles. The summed E-state index contributed by atoms with van der Waals surface area (Å²) in [5, 5.41) is 3.61. The van der Waals surface area contributed by atoms with Crippen molar-refractivity contribution < 1.29 is 4.74 Å². The molecule has 1 aliphatic rings. The van der Waals surface area contributed by atoms with Crippen molar-refractivity contribution >= 4 is 15.9 Å². The molecule has 0 aromatic heterocycles. The van der Waals surface area contributed by atoms with E-state index >= 15 is 0 Å². The Morgan fingerprint density at radius 1 is 1.39 bits per heavy atom. The molecule has 0 radical (unpaired) electrons. The summed E-state index contributed by atoms with van der Waals surface area (Å²) in [7, 11) is 0. The van der Waals surface area contributed by atoms with Gasteiger partial charge in [0.15, 0.2) is 0 Å². The molecule has 1 aliphatic heterocycles. The largest absolute Gasteiger partial charge is 0.493 e. The Balaban J connectivity index is 2.12. The molecular formula is C15H22BrNO. The summed E-state index contributed by atoms with van der Waals surface area (Å²) >= 11 is 3.60. The van der Waals surface area contributed by atoms with E-state index in [-0.39, 0.29) is 0 Å². The van der Waals surface area contributed by atoms with Crippen LogP contribution < -0.4 is 10.1 Å². The van der Waals surface area contributed by atoms with E-state index in [0.29, 0.717) is 6.04 Å². The van der Waals surface area contributed by atoms with Crippen LogP contribution in [0.1, 0.15) is 37.8 Å². The zero-order valence-corrected chi connectivity index (χ0v) is 12.8. The van der Waals surface area contributed by atoms with Crippen LogP contribution in [0.2, 0.25) is 0 Å². The van der Waals surface area contributed by atoms with E-state index in [1.807, 2.05) is 0 Å². The molecule has 3 heteroatoms. The molecule has 1 heterocycles. The number of benzene rings is 1. The van der Waals surface area contributed by atoms with E-state index in [4.69, 9.17) is 4.74 Å². The van der Waals surface area contributed by atoms with Crippen LogP contribution in [0.5, 0.6) is 5.75 Å². The first kappa shape index (κ1) is 13.9. The number of ether oxygens (including phenoxy) is 1. The van der Waals surface area contributed by atoms with Crippen LogP contribution in [-0.4, -0.2) is 19.2 Å². The first-order valence-electron chi connectivity index (χ1n) is 6.92. The van der Waals surface area contributed by atoms with Gasteiger partial charge in [-0.1, -0.05) is 29.8 Å². The fourth-order valence-electron chi connectivity index (χ4n) is 2.47. The molecule has 0 fully saturated rings. The molecule has 0 spiro atoms. The molecule has 1 aromatic rings. The number of fused-ring (bicyclic) bond motifs is 1. The fourth-order valence-corrected chi connectivity index (χ4v) is 3.03. The van der Waals surface area contributed by atoms with Crippen molar-refractivity contribution in [2.75, 3.05) is 13.2 Å². The quantitative estimate of drug-likeness (QED) is 0.865. The average Bonchev–Trinajstić information content (AvgIpc) is 2.82. The molecular weight excluding hydrogens is 290 g/mol. The van der Waals surface area contributed by atoms with Gasteiger partial charge in [0.05, 0.1) is 6.61 Å².